The number of carbonyl (C=O) groups is 2. The van der Waals surface area contributed by atoms with E-state index in [1.807, 2.05) is 32.0 Å². The summed E-state index contributed by atoms with van der Waals surface area (Å²) in [6, 6.07) is 12.6. The van der Waals surface area contributed by atoms with Crippen molar-refractivity contribution in [2.45, 2.75) is 19.0 Å². The molecule has 1 heterocycles. The van der Waals surface area contributed by atoms with Crippen LogP contribution in [0.5, 0.6) is 0 Å². The molecule has 0 spiro atoms. The summed E-state index contributed by atoms with van der Waals surface area (Å²) in [5.74, 6) is -0.708. The maximum absolute atomic E-state index is 12.4. The SMILES string of the molecule is COC(=O)c1ccccc1NC(=O)CSc1nnnn1-c1c(C)cccc1C. The first-order chi connectivity index (χ1) is 13.5. The number of ether oxygens (including phenoxy) is 1. The molecule has 3 aromatic rings. The Hall–Kier alpha value is -3.20. The van der Waals surface area contributed by atoms with Gasteiger partial charge in [0.25, 0.3) is 0 Å². The van der Waals surface area contributed by atoms with Crippen molar-refractivity contribution in [3.63, 3.8) is 0 Å². The first-order valence-corrected chi connectivity index (χ1v) is 9.44. The number of rotatable bonds is 6. The van der Waals surface area contributed by atoms with Crippen LogP contribution in [0.25, 0.3) is 5.69 Å². The lowest BCUT2D eigenvalue weighted by molar-refractivity contribution is -0.113. The fraction of sp³-hybridized carbons (Fsp3) is 0.211. The van der Waals surface area contributed by atoms with Crippen LogP contribution in [0.3, 0.4) is 0 Å². The number of tetrazole rings is 1. The molecule has 144 valence electrons. The zero-order valence-electron chi connectivity index (χ0n) is 15.7. The van der Waals surface area contributed by atoms with E-state index < -0.39 is 5.97 Å². The number of amides is 1. The number of hydrogen-bond donors (Lipinski definition) is 1. The van der Waals surface area contributed by atoms with Crippen LogP contribution in [0.4, 0.5) is 5.69 Å². The van der Waals surface area contributed by atoms with Gasteiger partial charge in [0.2, 0.25) is 11.1 Å². The van der Waals surface area contributed by atoms with E-state index in [1.54, 1.807) is 28.9 Å². The summed E-state index contributed by atoms with van der Waals surface area (Å²) in [5, 5.41) is 15.1. The van der Waals surface area contributed by atoms with Crippen LogP contribution < -0.4 is 5.32 Å². The second-order valence-electron chi connectivity index (χ2n) is 5.99. The smallest absolute Gasteiger partial charge is 0.339 e. The maximum atomic E-state index is 12.4. The van der Waals surface area contributed by atoms with Gasteiger partial charge in [-0.15, -0.1) is 5.10 Å². The number of nitrogens with zero attached hydrogens (tertiary/aromatic N) is 4. The van der Waals surface area contributed by atoms with Gasteiger partial charge in [-0.2, -0.15) is 4.68 Å². The second kappa shape index (κ2) is 8.66. The Morgan fingerprint density at radius 3 is 2.54 bits per heavy atom. The average Bonchev–Trinajstić information content (AvgIpc) is 3.14. The number of nitrogens with one attached hydrogen (secondary N) is 1. The van der Waals surface area contributed by atoms with E-state index in [0.29, 0.717) is 16.4 Å². The van der Waals surface area contributed by atoms with Gasteiger partial charge in [-0.05, 0) is 47.5 Å². The third-order valence-electron chi connectivity index (χ3n) is 4.03. The number of para-hydroxylation sites is 2. The lowest BCUT2D eigenvalue weighted by Gasteiger charge is -2.11. The van der Waals surface area contributed by atoms with Crippen LogP contribution in [0, 0.1) is 13.8 Å². The summed E-state index contributed by atoms with van der Waals surface area (Å²) in [6.07, 6.45) is 0. The summed E-state index contributed by atoms with van der Waals surface area (Å²) in [4.78, 5) is 24.2. The standard InChI is InChI=1S/C19H19N5O3S/c1-12-7-6-8-13(2)17(12)24-19(21-22-23-24)28-11-16(25)20-15-10-5-4-9-14(15)18(26)27-3/h4-10H,11H2,1-3H3,(H,20,25). The largest absolute Gasteiger partial charge is 0.465 e. The van der Waals surface area contributed by atoms with Gasteiger partial charge < -0.3 is 10.1 Å². The van der Waals surface area contributed by atoms with Crippen LogP contribution in [0.15, 0.2) is 47.6 Å². The van der Waals surface area contributed by atoms with Gasteiger partial charge in [0.05, 0.1) is 29.8 Å². The molecule has 1 aromatic heterocycles. The van der Waals surface area contributed by atoms with Crippen molar-refractivity contribution < 1.29 is 14.3 Å². The molecule has 0 unspecified atom stereocenters. The third kappa shape index (κ3) is 4.20. The molecule has 0 aliphatic carbocycles. The van der Waals surface area contributed by atoms with Crippen molar-refractivity contribution in [2.24, 2.45) is 0 Å². The topological polar surface area (TPSA) is 99.0 Å². The number of benzene rings is 2. The Balaban J connectivity index is 1.72. The summed E-state index contributed by atoms with van der Waals surface area (Å²) in [5.41, 5.74) is 3.65. The molecular weight excluding hydrogens is 378 g/mol. The van der Waals surface area contributed by atoms with Crippen molar-refractivity contribution >= 4 is 29.3 Å². The lowest BCUT2D eigenvalue weighted by Crippen LogP contribution is -2.17. The van der Waals surface area contributed by atoms with E-state index in [1.165, 1.54) is 18.9 Å². The maximum Gasteiger partial charge on any atom is 0.339 e. The highest BCUT2D eigenvalue weighted by molar-refractivity contribution is 7.99. The number of aromatic nitrogens is 4. The molecule has 0 bridgehead atoms. The number of hydrogen-bond acceptors (Lipinski definition) is 7. The van der Waals surface area contributed by atoms with Gasteiger partial charge in [-0.3, -0.25) is 4.79 Å². The van der Waals surface area contributed by atoms with Crippen molar-refractivity contribution in [2.75, 3.05) is 18.2 Å². The van der Waals surface area contributed by atoms with Crippen molar-refractivity contribution in [1.29, 1.82) is 0 Å². The Morgan fingerprint density at radius 1 is 1.11 bits per heavy atom. The van der Waals surface area contributed by atoms with E-state index in [2.05, 4.69) is 20.8 Å². The zero-order chi connectivity index (χ0) is 20.1. The molecule has 28 heavy (non-hydrogen) atoms. The van der Waals surface area contributed by atoms with Gasteiger partial charge in [-0.1, -0.05) is 42.1 Å². The quantitative estimate of drug-likeness (QED) is 0.504. The van der Waals surface area contributed by atoms with Gasteiger partial charge >= 0.3 is 5.97 Å². The molecule has 0 aliphatic rings. The number of aryl methyl sites for hydroxylation is 2. The number of anilines is 1. The second-order valence-corrected chi connectivity index (χ2v) is 6.93. The van der Waals surface area contributed by atoms with Crippen molar-refractivity contribution in [3.05, 3.63) is 59.2 Å². The molecule has 9 heteroatoms. The molecule has 1 N–H and O–H groups in total. The van der Waals surface area contributed by atoms with Gasteiger partial charge in [-0.25, -0.2) is 4.79 Å². The molecule has 0 aliphatic heterocycles. The molecule has 0 saturated heterocycles. The summed E-state index contributed by atoms with van der Waals surface area (Å²) in [7, 11) is 1.30. The van der Waals surface area contributed by atoms with Gasteiger partial charge in [0.15, 0.2) is 0 Å². The van der Waals surface area contributed by atoms with Crippen molar-refractivity contribution in [3.8, 4) is 5.69 Å². The predicted octanol–water partition coefficient (Wildman–Crippen LogP) is 2.80. The molecule has 1 amide bonds. The Bertz CT molecular complexity index is 998. The van der Waals surface area contributed by atoms with E-state index in [9.17, 15) is 9.59 Å². The fourth-order valence-electron chi connectivity index (χ4n) is 2.75. The molecule has 8 nitrogen and oxygen atoms in total. The highest BCUT2D eigenvalue weighted by Gasteiger charge is 2.16. The van der Waals surface area contributed by atoms with Crippen molar-refractivity contribution in [1.82, 2.24) is 20.2 Å². The highest BCUT2D eigenvalue weighted by Crippen LogP contribution is 2.24. The molecular formula is C19H19N5O3S. The number of thioether (sulfide) groups is 1. The van der Waals surface area contributed by atoms with Crippen LogP contribution in [-0.2, 0) is 9.53 Å². The minimum atomic E-state index is -0.512. The number of esters is 1. The third-order valence-corrected chi connectivity index (χ3v) is 4.95. The fourth-order valence-corrected chi connectivity index (χ4v) is 3.42. The molecule has 0 fully saturated rings. The summed E-state index contributed by atoms with van der Waals surface area (Å²) >= 11 is 1.21. The summed E-state index contributed by atoms with van der Waals surface area (Å²) < 4.78 is 6.37. The van der Waals surface area contributed by atoms with Crippen LogP contribution in [0.2, 0.25) is 0 Å². The molecule has 2 aromatic carbocycles. The van der Waals surface area contributed by atoms with E-state index >= 15 is 0 Å². The van der Waals surface area contributed by atoms with Crippen LogP contribution in [0.1, 0.15) is 21.5 Å². The number of carbonyl (C=O) groups excluding carboxylic acids is 2. The Labute approximate surface area is 166 Å². The Kier molecular flexibility index (Phi) is 6.05. The van der Waals surface area contributed by atoms with Crippen LogP contribution in [-0.4, -0.2) is 44.9 Å². The van der Waals surface area contributed by atoms with E-state index in [4.69, 9.17) is 4.74 Å². The average molecular weight is 397 g/mol. The first-order valence-electron chi connectivity index (χ1n) is 8.46. The molecule has 0 saturated carbocycles. The molecule has 0 radical (unpaired) electrons. The highest BCUT2D eigenvalue weighted by atomic mass is 32.2. The normalized spacial score (nSPS) is 10.5. The van der Waals surface area contributed by atoms with Gasteiger partial charge in [0, 0.05) is 0 Å². The lowest BCUT2D eigenvalue weighted by atomic mass is 10.1. The zero-order valence-corrected chi connectivity index (χ0v) is 16.5. The molecule has 0 atom stereocenters. The summed E-state index contributed by atoms with van der Waals surface area (Å²) in [6.45, 7) is 3.96. The minimum absolute atomic E-state index is 0.0841. The monoisotopic (exact) mass is 397 g/mol. The number of methoxy groups -OCH3 is 1. The molecule has 3 rings (SSSR count). The minimum Gasteiger partial charge on any atom is -0.465 e. The van der Waals surface area contributed by atoms with Gasteiger partial charge in [0.1, 0.15) is 0 Å². The van der Waals surface area contributed by atoms with Crippen LogP contribution >= 0.6 is 11.8 Å². The predicted molar refractivity (Wildman–Crippen MR) is 106 cm³/mol. The Morgan fingerprint density at radius 2 is 1.82 bits per heavy atom. The first kappa shape index (κ1) is 19.6. The van der Waals surface area contributed by atoms with E-state index in [-0.39, 0.29) is 11.7 Å². The van der Waals surface area contributed by atoms with E-state index in [0.717, 1.165) is 16.8 Å².